The van der Waals surface area contributed by atoms with Gasteiger partial charge in [-0.15, -0.1) is 0 Å². The minimum atomic E-state index is -1.25. The molecule has 4 amide bonds. The summed E-state index contributed by atoms with van der Waals surface area (Å²) in [6.07, 6.45) is -0.400. The Labute approximate surface area is 246 Å². The first-order chi connectivity index (χ1) is 19.9. The number of fused-ring (bicyclic) bond motifs is 1. The van der Waals surface area contributed by atoms with Crippen LogP contribution >= 0.6 is 0 Å². The van der Waals surface area contributed by atoms with E-state index in [0.717, 1.165) is 22.8 Å². The van der Waals surface area contributed by atoms with E-state index in [9.17, 15) is 24.3 Å². The number of rotatable bonds is 12. The van der Waals surface area contributed by atoms with Crippen molar-refractivity contribution in [1.82, 2.24) is 10.2 Å². The lowest BCUT2D eigenvalue weighted by Gasteiger charge is -2.34. The van der Waals surface area contributed by atoms with Crippen LogP contribution < -0.4 is 16.4 Å². The van der Waals surface area contributed by atoms with E-state index in [4.69, 9.17) is 10.5 Å². The first-order valence-corrected chi connectivity index (χ1v) is 14.0. The fourth-order valence-corrected chi connectivity index (χ4v) is 4.55. The van der Waals surface area contributed by atoms with Gasteiger partial charge in [0, 0.05) is 18.7 Å². The number of nitrogens with two attached hydrogens (primary N) is 1. The number of aliphatic hydroxyl groups excluding tert-OH is 1. The topological polar surface area (TPSA) is 151 Å². The number of aliphatic hydroxyl groups is 1. The van der Waals surface area contributed by atoms with Gasteiger partial charge in [-0.1, -0.05) is 61.5 Å². The number of hydrogen-bond acceptors (Lipinski definition) is 6. The Bertz CT molecular complexity index is 1400. The van der Waals surface area contributed by atoms with Crippen molar-refractivity contribution < 1.29 is 29.0 Å². The highest BCUT2D eigenvalue weighted by Crippen LogP contribution is 2.27. The number of alkyl carbamates (subject to hydrolysis) is 1. The summed E-state index contributed by atoms with van der Waals surface area (Å²) in [5.41, 5.74) is 6.59. The number of aryl methyl sites for hydroxylation is 1. The molecule has 0 saturated heterocycles. The maximum absolute atomic E-state index is 14.0. The molecule has 2 atom stereocenters. The second-order valence-electron chi connectivity index (χ2n) is 11.0. The van der Waals surface area contributed by atoms with E-state index in [2.05, 4.69) is 10.6 Å². The summed E-state index contributed by atoms with van der Waals surface area (Å²) in [4.78, 5) is 53.4. The number of benzene rings is 3. The van der Waals surface area contributed by atoms with E-state index >= 15 is 0 Å². The number of anilines is 1. The Hall–Kier alpha value is -4.44. The molecule has 42 heavy (non-hydrogen) atoms. The monoisotopic (exact) mass is 576 g/mol. The van der Waals surface area contributed by atoms with Crippen LogP contribution in [0.2, 0.25) is 0 Å². The highest BCUT2D eigenvalue weighted by Gasteiger charge is 2.36. The molecule has 0 bridgehead atoms. The van der Waals surface area contributed by atoms with E-state index in [1.165, 1.54) is 4.90 Å². The van der Waals surface area contributed by atoms with Crippen molar-refractivity contribution in [2.24, 2.45) is 5.73 Å². The molecular formula is C32H40N4O6. The second-order valence-corrected chi connectivity index (χ2v) is 11.0. The third-order valence-corrected chi connectivity index (χ3v) is 6.57. The fourth-order valence-electron chi connectivity index (χ4n) is 4.55. The molecule has 0 radical (unpaired) electrons. The highest BCUT2D eigenvalue weighted by atomic mass is 16.6. The Morgan fingerprint density at radius 1 is 0.976 bits per heavy atom. The second kappa shape index (κ2) is 14.5. The molecule has 0 aliphatic rings. The lowest BCUT2D eigenvalue weighted by atomic mass is 9.99. The molecular weight excluding hydrogens is 536 g/mol. The third-order valence-electron chi connectivity index (χ3n) is 6.57. The van der Waals surface area contributed by atoms with E-state index < -0.39 is 48.1 Å². The van der Waals surface area contributed by atoms with Gasteiger partial charge >= 0.3 is 6.09 Å². The number of primary amides is 1. The maximum atomic E-state index is 14.0. The standard InChI is InChI=1S/C32H40N4O6/c1-5-21-10-12-23(13-11-21)28(29(39)34-25-15-14-22-8-6-7-9-24(22)20-25)36(18-19-37)30(40)26(16-17-27(33)38)35-31(41)42-32(2,3)4/h6-15,20,26,28,37H,5,16-19H2,1-4H3,(H2,33,38)(H,34,39)(H,35,41). The van der Waals surface area contributed by atoms with Gasteiger partial charge in [-0.25, -0.2) is 4.79 Å². The van der Waals surface area contributed by atoms with Crippen LogP contribution in [-0.4, -0.2) is 58.6 Å². The molecule has 0 aromatic heterocycles. The Kier molecular flexibility index (Phi) is 11.0. The van der Waals surface area contributed by atoms with Gasteiger partial charge in [0.2, 0.25) is 11.8 Å². The molecule has 0 spiro atoms. The van der Waals surface area contributed by atoms with Crippen LogP contribution in [0.15, 0.2) is 66.7 Å². The minimum Gasteiger partial charge on any atom is -0.444 e. The summed E-state index contributed by atoms with van der Waals surface area (Å²) in [5.74, 6) is -1.84. The Morgan fingerprint density at radius 3 is 2.24 bits per heavy atom. The molecule has 0 fully saturated rings. The lowest BCUT2D eigenvalue weighted by Crippen LogP contribution is -2.53. The van der Waals surface area contributed by atoms with Gasteiger partial charge in [0.25, 0.3) is 5.91 Å². The van der Waals surface area contributed by atoms with Crippen LogP contribution in [0.1, 0.15) is 57.7 Å². The van der Waals surface area contributed by atoms with Crippen LogP contribution in [0.5, 0.6) is 0 Å². The summed E-state index contributed by atoms with van der Waals surface area (Å²) < 4.78 is 5.33. The number of carbonyl (C=O) groups excluding carboxylic acids is 4. The van der Waals surface area contributed by atoms with Gasteiger partial charge in [-0.2, -0.15) is 0 Å². The smallest absolute Gasteiger partial charge is 0.408 e. The van der Waals surface area contributed by atoms with Gasteiger partial charge < -0.3 is 31.1 Å². The number of hydrogen-bond donors (Lipinski definition) is 4. The predicted molar refractivity (Wildman–Crippen MR) is 162 cm³/mol. The van der Waals surface area contributed by atoms with Crippen LogP contribution in [0.25, 0.3) is 10.8 Å². The fraction of sp³-hybridized carbons (Fsp3) is 0.375. The number of ether oxygens (including phenoxy) is 1. The summed E-state index contributed by atoms with van der Waals surface area (Å²) >= 11 is 0. The molecule has 2 unspecified atom stereocenters. The summed E-state index contributed by atoms with van der Waals surface area (Å²) in [5, 5.41) is 17.3. The van der Waals surface area contributed by atoms with Crippen LogP contribution in [0.3, 0.4) is 0 Å². The zero-order chi connectivity index (χ0) is 30.9. The molecule has 3 aromatic carbocycles. The molecule has 224 valence electrons. The molecule has 0 aliphatic carbocycles. The molecule has 0 aliphatic heterocycles. The van der Waals surface area contributed by atoms with Crippen molar-refractivity contribution in [2.75, 3.05) is 18.5 Å². The van der Waals surface area contributed by atoms with Gasteiger partial charge in [-0.3, -0.25) is 14.4 Å². The SMILES string of the molecule is CCc1ccc(C(C(=O)Nc2ccc3ccccc3c2)N(CCO)C(=O)C(CCC(N)=O)NC(=O)OC(C)(C)C)cc1. The predicted octanol–water partition coefficient (Wildman–Crippen LogP) is 4.06. The molecule has 5 N–H and O–H groups in total. The van der Waals surface area contributed by atoms with Gasteiger partial charge in [0.1, 0.15) is 17.7 Å². The Morgan fingerprint density at radius 2 is 1.64 bits per heavy atom. The third kappa shape index (κ3) is 9.04. The van der Waals surface area contributed by atoms with Gasteiger partial charge in [0.15, 0.2) is 0 Å². The number of nitrogens with zero attached hydrogens (tertiary/aromatic N) is 1. The van der Waals surface area contributed by atoms with Crippen molar-refractivity contribution in [3.8, 4) is 0 Å². The zero-order valence-corrected chi connectivity index (χ0v) is 24.6. The summed E-state index contributed by atoms with van der Waals surface area (Å²) in [7, 11) is 0. The lowest BCUT2D eigenvalue weighted by molar-refractivity contribution is -0.141. The van der Waals surface area contributed by atoms with E-state index in [0.29, 0.717) is 11.3 Å². The maximum Gasteiger partial charge on any atom is 0.408 e. The van der Waals surface area contributed by atoms with E-state index in [-0.39, 0.29) is 19.4 Å². The quantitative estimate of drug-likeness (QED) is 0.255. The normalized spacial score (nSPS) is 12.7. The Balaban J connectivity index is 2.01. The van der Waals surface area contributed by atoms with Crippen LogP contribution in [0.4, 0.5) is 10.5 Å². The van der Waals surface area contributed by atoms with Crippen molar-refractivity contribution in [2.45, 2.75) is 64.6 Å². The number of nitrogens with one attached hydrogen (secondary N) is 2. The minimum absolute atomic E-state index is 0.122. The van der Waals surface area contributed by atoms with Crippen molar-refractivity contribution in [3.05, 3.63) is 77.9 Å². The number of amides is 4. The largest absolute Gasteiger partial charge is 0.444 e. The molecule has 0 saturated carbocycles. The van der Waals surface area contributed by atoms with Crippen molar-refractivity contribution >= 4 is 40.3 Å². The molecule has 3 rings (SSSR count). The highest BCUT2D eigenvalue weighted by molar-refractivity contribution is 6.00. The average molecular weight is 577 g/mol. The van der Waals surface area contributed by atoms with E-state index in [1.807, 2.05) is 55.5 Å². The van der Waals surface area contributed by atoms with Crippen LogP contribution in [0, 0.1) is 0 Å². The summed E-state index contributed by atoms with van der Waals surface area (Å²) in [6.45, 7) is 6.38. The van der Waals surface area contributed by atoms with Gasteiger partial charge in [0.05, 0.1) is 6.61 Å². The number of carbonyl (C=O) groups is 4. The van der Waals surface area contributed by atoms with E-state index in [1.54, 1.807) is 39.0 Å². The average Bonchev–Trinajstić information content (AvgIpc) is 2.94. The first-order valence-electron chi connectivity index (χ1n) is 14.0. The van der Waals surface area contributed by atoms with Crippen LogP contribution in [-0.2, 0) is 25.5 Å². The summed E-state index contributed by atoms with van der Waals surface area (Å²) in [6, 6.07) is 18.1. The molecule has 10 heteroatoms. The zero-order valence-electron chi connectivity index (χ0n) is 24.6. The molecule has 0 heterocycles. The van der Waals surface area contributed by atoms with Gasteiger partial charge in [-0.05, 0) is 67.6 Å². The molecule has 10 nitrogen and oxygen atoms in total. The van der Waals surface area contributed by atoms with Crippen molar-refractivity contribution in [1.29, 1.82) is 0 Å². The van der Waals surface area contributed by atoms with Crippen molar-refractivity contribution in [3.63, 3.8) is 0 Å². The first kappa shape index (κ1) is 32.1. The molecule has 3 aromatic rings.